The molecule has 1 heterocycles. The van der Waals surface area contributed by atoms with E-state index in [0.29, 0.717) is 0 Å². The summed E-state index contributed by atoms with van der Waals surface area (Å²) in [7, 11) is -4.26. The van der Waals surface area contributed by atoms with Crippen molar-refractivity contribution in [1.29, 1.82) is 0 Å². The third-order valence-electron chi connectivity index (χ3n) is 4.18. The number of nitrogens with one attached hydrogen (secondary N) is 2. The van der Waals surface area contributed by atoms with Crippen molar-refractivity contribution in [1.82, 2.24) is 14.9 Å². The van der Waals surface area contributed by atoms with Crippen molar-refractivity contribution >= 4 is 10.0 Å². The first kappa shape index (κ1) is 20.5. The van der Waals surface area contributed by atoms with Gasteiger partial charge in [-0.05, 0) is 30.7 Å². The summed E-state index contributed by atoms with van der Waals surface area (Å²) in [5, 5.41) is 6.02. The summed E-state index contributed by atoms with van der Waals surface area (Å²) in [5.41, 5.74) is 0.145. The maximum absolute atomic E-state index is 13.3. The van der Waals surface area contributed by atoms with E-state index < -0.39 is 51.6 Å². The Morgan fingerprint density at radius 3 is 2.32 bits per heavy atom. The summed E-state index contributed by atoms with van der Waals surface area (Å²) in [5.74, 6) is -2.51. The molecule has 0 aliphatic heterocycles. The predicted octanol–water partition coefficient (Wildman–Crippen LogP) is 3.25. The van der Waals surface area contributed by atoms with E-state index in [1.54, 1.807) is 0 Å². The van der Waals surface area contributed by atoms with Gasteiger partial charge in [-0.3, -0.25) is 5.10 Å². The van der Waals surface area contributed by atoms with Crippen LogP contribution in [0.5, 0.6) is 5.75 Å². The van der Waals surface area contributed by atoms with Crippen molar-refractivity contribution < 1.29 is 39.5 Å². The molecule has 13 heteroatoms. The Bertz CT molecular complexity index is 937. The van der Waals surface area contributed by atoms with Crippen molar-refractivity contribution in [2.45, 2.75) is 42.2 Å². The van der Waals surface area contributed by atoms with Gasteiger partial charge in [0, 0.05) is 23.7 Å². The molecule has 3 rings (SSSR count). The minimum atomic E-state index is -4.94. The Morgan fingerprint density at radius 1 is 1.11 bits per heavy atom. The summed E-state index contributed by atoms with van der Waals surface area (Å²) >= 11 is 0. The highest BCUT2D eigenvalue weighted by atomic mass is 32.2. The van der Waals surface area contributed by atoms with Crippen LogP contribution < -0.4 is 9.46 Å². The van der Waals surface area contributed by atoms with Gasteiger partial charge in [0.2, 0.25) is 10.0 Å². The van der Waals surface area contributed by atoms with E-state index in [0.717, 1.165) is 30.5 Å². The largest absolute Gasteiger partial charge is 0.573 e. The molecule has 0 saturated heterocycles. The molecule has 6 nitrogen and oxygen atoms in total. The average molecular weight is 429 g/mol. The van der Waals surface area contributed by atoms with E-state index >= 15 is 0 Å². The Labute approximate surface area is 154 Å². The van der Waals surface area contributed by atoms with Crippen molar-refractivity contribution in [2.24, 2.45) is 0 Å². The Balaban J connectivity index is 1.77. The summed E-state index contributed by atoms with van der Waals surface area (Å²) in [6.45, 7) is 0. The molecule has 1 aliphatic carbocycles. The van der Waals surface area contributed by atoms with Gasteiger partial charge in [0.25, 0.3) is 0 Å². The van der Waals surface area contributed by atoms with Crippen LogP contribution in [0.1, 0.15) is 23.6 Å². The number of H-pyrrole nitrogens is 1. The number of hydrogen-bond donors (Lipinski definition) is 2. The molecule has 0 spiro atoms. The van der Waals surface area contributed by atoms with Gasteiger partial charge in [-0.1, -0.05) is 0 Å². The van der Waals surface area contributed by atoms with Gasteiger partial charge in [-0.15, -0.1) is 13.2 Å². The van der Waals surface area contributed by atoms with Crippen molar-refractivity contribution in [3.05, 3.63) is 41.7 Å². The zero-order chi connectivity index (χ0) is 20.7. The minimum Gasteiger partial charge on any atom is -0.406 e. The number of alkyl halides is 6. The Hall–Kier alpha value is -2.28. The second-order valence-corrected chi connectivity index (χ2v) is 7.89. The molecule has 2 atom stereocenters. The normalized spacial score (nSPS) is 20.6. The zero-order valence-electron chi connectivity index (χ0n) is 13.8. The van der Waals surface area contributed by atoms with Crippen molar-refractivity contribution in [2.75, 3.05) is 0 Å². The van der Waals surface area contributed by atoms with Crippen LogP contribution in [0.25, 0.3) is 0 Å². The van der Waals surface area contributed by atoms with Crippen LogP contribution in [0.3, 0.4) is 0 Å². The third kappa shape index (κ3) is 4.58. The highest BCUT2D eigenvalue weighted by molar-refractivity contribution is 7.89. The Kier molecular flexibility index (Phi) is 5.08. The average Bonchev–Trinajstić information content (AvgIpc) is 3.00. The van der Waals surface area contributed by atoms with Gasteiger partial charge in [0.15, 0.2) is 0 Å². The van der Waals surface area contributed by atoms with Gasteiger partial charge in [-0.25, -0.2) is 13.1 Å². The molecule has 154 valence electrons. The molecule has 0 bridgehead atoms. The predicted molar refractivity (Wildman–Crippen MR) is 82.9 cm³/mol. The summed E-state index contributed by atoms with van der Waals surface area (Å²) < 4.78 is 107. The van der Waals surface area contributed by atoms with Gasteiger partial charge in [-0.2, -0.15) is 18.3 Å². The quantitative estimate of drug-likeness (QED) is 0.731. The molecule has 1 aromatic carbocycles. The minimum absolute atomic E-state index is 0.0309. The van der Waals surface area contributed by atoms with Crippen LogP contribution in [0.15, 0.2) is 35.4 Å². The van der Waals surface area contributed by atoms with Crippen molar-refractivity contribution in [3.63, 3.8) is 0 Å². The summed E-state index contributed by atoms with van der Waals surface area (Å²) in [6, 6.07) is 2.27. The lowest BCUT2D eigenvalue weighted by Gasteiger charge is -2.30. The van der Waals surface area contributed by atoms with E-state index in [4.69, 9.17) is 0 Å². The molecule has 2 N–H and O–H groups in total. The highest BCUT2D eigenvalue weighted by Gasteiger charge is 2.46. The smallest absolute Gasteiger partial charge is 0.406 e. The fourth-order valence-electron chi connectivity index (χ4n) is 3.03. The lowest BCUT2D eigenvalue weighted by molar-refractivity contribution is -0.274. The molecule has 2 aromatic rings. The molecular weight excluding hydrogens is 416 g/mol. The van der Waals surface area contributed by atoms with E-state index in [-0.39, 0.29) is 17.7 Å². The summed E-state index contributed by atoms with van der Waals surface area (Å²) in [4.78, 5) is -0.402. The zero-order valence-corrected chi connectivity index (χ0v) is 14.6. The number of hydrogen-bond acceptors (Lipinski definition) is 4. The standard InChI is InChI=1S/C15H13F6N3O3S/c16-14(17,18)12-5-8(6-13-11(12)7-22-23-13)24-28(25,26)10-3-1-9(2-4-10)27-15(19,20)21/h1-4,7-8,12,24H,5-6H2,(H,22,23)/t8-,12+/m0/s1. The molecule has 0 unspecified atom stereocenters. The van der Waals surface area contributed by atoms with Gasteiger partial charge >= 0.3 is 12.5 Å². The van der Waals surface area contributed by atoms with Gasteiger partial charge < -0.3 is 4.74 Å². The monoisotopic (exact) mass is 429 g/mol. The molecular formula is C15H13F6N3O3S. The number of fused-ring (bicyclic) bond motifs is 1. The number of benzene rings is 1. The molecule has 0 radical (unpaired) electrons. The number of halogens is 6. The highest BCUT2D eigenvalue weighted by Crippen LogP contribution is 2.42. The molecule has 0 saturated carbocycles. The molecule has 0 fully saturated rings. The van der Waals surface area contributed by atoms with E-state index in [2.05, 4.69) is 19.7 Å². The maximum Gasteiger partial charge on any atom is 0.573 e. The maximum atomic E-state index is 13.3. The van der Waals surface area contributed by atoms with E-state index in [1.807, 2.05) is 0 Å². The van der Waals surface area contributed by atoms with Crippen molar-refractivity contribution in [3.8, 4) is 5.75 Å². The first-order chi connectivity index (χ1) is 12.9. The van der Waals surface area contributed by atoms with Crippen LogP contribution in [0, 0.1) is 0 Å². The van der Waals surface area contributed by atoms with E-state index in [9.17, 15) is 34.8 Å². The molecule has 1 aliphatic rings. The first-order valence-corrected chi connectivity index (χ1v) is 9.30. The van der Waals surface area contributed by atoms with Gasteiger partial charge in [0.1, 0.15) is 5.75 Å². The van der Waals surface area contributed by atoms with Crippen LogP contribution in [0.2, 0.25) is 0 Å². The molecule has 1 aromatic heterocycles. The first-order valence-electron chi connectivity index (χ1n) is 7.82. The van der Waals surface area contributed by atoms with E-state index in [1.165, 1.54) is 0 Å². The fraction of sp³-hybridized carbons (Fsp3) is 0.400. The third-order valence-corrected chi connectivity index (χ3v) is 5.72. The number of aromatic amines is 1. The number of aromatic nitrogens is 2. The lowest BCUT2D eigenvalue weighted by atomic mass is 9.84. The second kappa shape index (κ2) is 6.95. The fourth-order valence-corrected chi connectivity index (χ4v) is 4.28. The number of rotatable bonds is 4. The number of ether oxygens (including phenoxy) is 1. The van der Waals surface area contributed by atoms with Crippen LogP contribution in [0.4, 0.5) is 26.3 Å². The molecule has 28 heavy (non-hydrogen) atoms. The second-order valence-electron chi connectivity index (χ2n) is 6.18. The lowest BCUT2D eigenvalue weighted by Crippen LogP contribution is -2.42. The van der Waals surface area contributed by atoms with Crippen LogP contribution in [-0.4, -0.2) is 37.2 Å². The summed E-state index contributed by atoms with van der Waals surface area (Å²) in [6.07, 6.45) is -9.01. The van der Waals surface area contributed by atoms with Gasteiger partial charge in [0.05, 0.1) is 17.0 Å². The van der Waals surface area contributed by atoms with Crippen LogP contribution >= 0.6 is 0 Å². The Morgan fingerprint density at radius 2 is 1.75 bits per heavy atom. The van der Waals surface area contributed by atoms with Crippen LogP contribution in [-0.2, 0) is 16.4 Å². The topological polar surface area (TPSA) is 84.1 Å². The molecule has 0 amide bonds. The number of nitrogens with zero attached hydrogens (tertiary/aromatic N) is 1. The SMILES string of the molecule is O=S(=O)(N[C@@H]1Cc2[nH]ncc2[C@H](C(F)(F)F)C1)c1ccc(OC(F)(F)F)cc1. The number of sulfonamides is 1.